The Morgan fingerprint density at radius 2 is 0.966 bits per heavy atom. The molecular formula is C25H36O4. The van der Waals surface area contributed by atoms with Crippen LogP contribution < -0.4 is 0 Å². The van der Waals surface area contributed by atoms with E-state index in [9.17, 15) is 19.8 Å². The fourth-order valence-electron chi connectivity index (χ4n) is 2.67. The highest BCUT2D eigenvalue weighted by molar-refractivity contribution is 5.98. The maximum atomic E-state index is 11.1. The molecule has 4 nitrogen and oxygen atoms in total. The number of hydrogen-bond donors (Lipinski definition) is 2. The van der Waals surface area contributed by atoms with Gasteiger partial charge in [-0.3, -0.25) is 9.59 Å². The third-order valence-electron chi connectivity index (χ3n) is 4.78. The minimum atomic E-state index is -0.0249. The van der Waals surface area contributed by atoms with Crippen LogP contribution in [-0.2, 0) is 0 Å². The number of benzene rings is 2. The molecule has 2 aromatic carbocycles. The molecule has 0 bridgehead atoms. The second-order valence-electron chi connectivity index (χ2n) is 6.68. The van der Waals surface area contributed by atoms with Crippen LogP contribution in [0.1, 0.15) is 87.4 Å². The Bertz CT molecular complexity index is 670. The van der Waals surface area contributed by atoms with Crippen LogP contribution in [0.4, 0.5) is 0 Å². The van der Waals surface area contributed by atoms with Gasteiger partial charge in [0.25, 0.3) is 0 Å². The normalized spacial score (nSPS) is 9.72. The molecular weight excluding hydrogens is 364 g/mol. The second-order valence-corrected chi connectivity index (χ2v) is 6.68. The van der Waals surface area contributed by atoms with Gasteiger partial charge in [0.1, 0.15) is 11.5 Å². The Hall–Kier alpha value is -2.62. The van der Waals surface area contributed by atoms with Crippen LogP contribution in [0.5, 0.6) is 11.5 Å². The highest BCUT2D eigenvalue weighted by Gasteiger charge is 2.07. The van der Waals surface area contributed by atoms with Gasteiger partial charge in [0, 0.05) is 12.8 Å². The zero-order chi connectivity index (χ0) is 22.2. The zero-order valence-corrected chi connectivity index (χ0v) is 18.4. The van der Waals surface area contributed by atoms with Crippen molar-refractivity contribution < 1.29 is 19.8 Å². The number of hydrogen-bond acceptors (Lipinski definition) is 4. The third kappa shape index (κ3) is 9.93. The minimum absolute atomic E-state index is 0.0249. The van der Waals surface area contributed by atoms with Crippen molar-refractivity contribution in [3.63, 3.8) is 0 Å². The lowest BCUT2D eigenvalue weighted by Crippen LogP contribution is -1.95. The number of phenolic OH excluding ortho intramolecular Hbond substituents is 2. The number of para-hydroxylation sites is 2. The molecule has 0 aliphatic carbocycles. The Kier molecular flexibility index (Phi) is 13.9. The predicted octanol–water partition coefficient (Wildman–Crippen LogP) is 6.80. The largest absolute Gasteiger partial charge is 0.507 e. The molecule has 0 radical (unpaired) electrons. The number of rotatable bonds is 7. The van der Waals surface area contributed by atoms with Crippen molar-refractivity contribution in [1.82, 2.24) is 0 Å². The van der Waals surface area contributed by atoms with Crippen molar-refractivity contribution in [1.29, 1.82) is 0 Å². The van der Waals surface area contributed by atoms with E-state index in [0.717, 1.165) is 5.92 Å². The van der Waals surface area contributed by atoms with Gasteiger partial charge in [0.15, 0.2) is 11.6 Å². The molecule has 0 saturated carbocycles. The van der Waals surface area contributed by atoms with E-state index in [1.807, 2.05) is 0 Å². The number of carbonyl (C=O) groups is 2. The Balaban J connectivity index is 0.000000419. The number of ketones is 2. The topological polar surface area (TPSA) is 74.6 Å². The summed E-state index contributed by atoms with van der Waals surface area (Å²) in [5.74, 6) is 1.07. The maximum Gasteiger partial charge on any atom is 0.166 e. The first-order valence-corrected chi connectivity index (χ1v) is 10.5. The van der Waals surface area contributed by atoms with Gasteiger partial charge in [-0.1, -0.05) is 78.1 Å². The molecule has 2 aromatic rings. The van der Waals surface area contributed by atoms with Crippen molar-refractivity contribution in [2.75, 3.05) is 0 Å². The summed E-state index contributed by atoms with van der Waals surface area (Å²) in [6.07, 6.45) is 4.92. The van der Waals surface area contributed by atoms with Gasteiger partial charge in [0.05, 0.1) is 11.1 Å². The number of aromatic hydroxyl groups is 2. The van der Waals surface area contributed by atoms with Crippen molar-refractivity contribution in [2.24, 2.45) is 5.92 Å². The van der Waals surface area contributed by atoms with Crippen LogP contribution in [0.25, 0.3) is 0 Å². The number of Topliss-reactive ketones (excluding diaryl/α,β-unsaturated/α-hetero) is 2. The van der Waals surface area contributed by atoms with Gasteiger partial charge in [0.2, 0.25) is 0 Å². The summed E-state index contributed by atoms with van der Waals surface area (Å²) in [6, 6.07) is 13.2. The smallest absolute Gasteiger partial charge is 0.166 e. The van der Waals surface area contributed by atoms with Gasteiger partial charge >= 0.3 is 0 Å². The molecule has 29 heavy (non-hydrogen) atoms. The molecule has 0 aliphatic rings. The van der Waals surface area contributed by atoms with Crippen LogP contribution in [0.2, 0.25) is 0 Å². The van der Waals surface area contributed by atoms with Crippen LogP contribution in [0.15, 0.2) is 48.5 Å². The molecule has 0 aliphatic heterocycles. The number of carbonyl (C=O) groups excluding carboxylic acids is 2. The highest BCUT2D eigenvalue weighted by Crippen LogP contribution is 2.17. The van der Waals surface area contributed by atoms with E-state index in [2.05, 4.69) is 20.8 Å². The molecule has 160 valence electrons. The zero-order valence-electron chi connectivity index (χ0n) is 18.4. The number of phenols is 2. The van der Waals surface area contributed by atoms with E-state index in [1.165, 1.54) is 31.4 Å². The van der Waals surface area contributed by atoms with Gasteiger partial charge in [-0.25, -0.2) is 0 Å². The molecule has 0 fully saturated rings. The van der Waals surface area contributed by atoms with Crippen molar-refractivity contribution in [3.8, 4) is 11.5 Å². The second kappa shape index (κ2) is 15.3. The van der Waals surface area contributed by atoms with Gasteiger partial charge in [-0.05, 0) is 30.2 Å². The molecule has 0 heterocycles. The van der Waals surface area contributed by atoms with Gasteiger partial charge in [-0.2, -0.15) is 0 Å². The average molecular weight is 401 g/mol. The summed E-state index contributed by atoms with van der Waals surface area (Å²) in [7, 11) is 0. The maximum absolute atomic E-state index is 11.1. The fourth-order valence-corrected chi connectivity index (χ4v) is 2.67. The molecule has 2 N–H and O–H groups in total. The molecule has 0 spiro atoms. The average Bonchev–Trinajstić information content (AvgIpc) is 2.75. The van der Waals surface area contributed by atoms with Crippen molar-refractivity contribution in [3.05, 3.63) is 59.7 Å². The highest BCUT2D eigenvalue weighted by atomic mass is 16.3. The fraction of sp³-hybridized carbons (Fsp3) is 0.440. The van der Waals surface area contributed by atoms with E-state index in [1.54, 1.807) is 50.2 Å². The van der Waals surface area contributed by atoms with E-state index in [0.29, 0.717) is 24.0 Å². The van der Waals surface area contributed by atoms with E-state index >= 15 is 0 Å². The summed E-state index contributed by atoms with van der Waals surface area (Å²) >= 11 is 0. The molecule has 0 unspecified atom stereocenters. The minimum Gasteiger partial charge on any atom is -0.507 e. The lowest BCUT2D eigenvalue weighted by atomic mass is 10.0. The molecule has 0 saturated heterocycles. The lowest BCUT2D eigenvalue weighted by molar-refractivity contribution is 0.0977. The SMILES string of the molecule is CCC(=O)c1ccccc1O.CCC(=O)c1ccccc1O.CCC(CC)CC. The predicted molar refractivity (Wildman–Crippen MR) is 120 cm³/mol. The van der Waals surface area contributed by atoms with Crippen molar-refractivity contribution in [2.45, 2.75) is 66.7 Å². The summed E-state index contributed by atoms with van der Waals surface area (Å²) < 4.78 is 0. The first-order chi connectivity index (χ1) is 13.9. The molecule has 0 amide bonds. The standard InChI is InChI=1S/2C9H10O2.C7H16/c2*1-2-8(10)7-5-3-4-6-9(7)11;1-4-7(5-2)6-3/h2*3-6,11H,2H2,1H3;7H,4-6H2,1-3H3. The molecule has 0 atom stereocenters. The van der Waals surface area contributed by atoms with Crippen LogP contribution in [-0.4, -0.2) is 21.8 Å². The van der Waals surface area contributed by atoms with Gasteiger partial charge < -0.3 is 10.2 Å². The Morgan fingerprint density at radius 1 is 0.655 bits per heavy atom. The molecule has 0 aromatic heterocycles. The monoisotopic (exact) mass is 400 g/mol. The Morgan fingerprint density at radius 3 is 1.17 bits per heavy atom. The summed E-state index contributed by atoms with van der Waals surface area (Å²) in [5.41, 5.74) is 0.824. The third-order valence-corrected chi connectivity index (χ3v) is 4.78. The van der Waals surface area contributed by atoms with Crippen LogP contribution in [0, 0.1) is 5.92 Å². The first-order valence-electron chi connectivity index (χ1n) is 10.5. The molecule has 2 rings (SSSR count). The van der Waals surface area contributed by atoms with Crippen LogP contribution in [0.3, 0.4) is 0 Å². The van der Waals surface area contributed by atoms with Gasteiger partial charge in [-0.15, -0.1) is 0 Å². The first kappa shape index (κ1) is 26.4. The Labute approximate surface area is 175 Å². The summed E-state index contributed by atoms with van der Waals surface area (Å²) in [5, 5.41) is 18.4. The lowest BCUT2D eigenvalue weighted by Gasteiger charge is -2.05. The summed E-state index contributed by atoms with van der Waals surface area (Å²) in [4.78, 5) is 22.1. The molecule has 4 heteroatoms. The van der Waals surface area contributed by atoms with Crippen molar-refractivity contribution >= 4 is 11.6 Å². The van der Waals surface area contributed by atoms with E-state index in [4.69, 9.17) is 0 Å². The van der Waals surface area contributed by atoms with Crippen LogP contribution >= 0.6 is 0 Å². The van der Waals surface area contributed by atoms with E-state index < -0.39 is 0 Å². The summed E-state index contributed by atoms with van der Waals surface area (Å²) in [6.45, 7) is 10.3. The quantitative estimate of drug-likeness (QED) is 0.501. The van der Waals surface area contributed by atoms with E-state index in [-0.39, 0.29) is 23.1 Å².